The Morgan fingerprint density at radius 1 is 0.818 bits per heavy atom. The lowest BCUT2D eigenvalue weighted by atomic mass is 9.97. The molecule has 1 aliphatic heterocycles. The number of thiophene rings is 1. The molecule has 0 spiro atoms. The van der Waals surface area contributed by atoms with Gasteiger partial charge in [0.1, 0.15) is 6.17 Å². The van der Waals surface area contributed by atoms with E-state index in [1.54, 1.807) is 11.3 Å². The predicted molar refractivity (Wildman–Crippen MR) is 92.4 cm³/mol. The molecule has 1 aromatic heterocycles. The zero-order valence-electron chi connectivity index (χ0n) is 12.0. The van der Waals surface area contributed by atoms with Gasteiger partial charge in [0.15, 0.2) is 0 Å². The van der Waals surface area contributed by atoms with Gasteiger partial charge < -0.3 is 0 Å². The van der Waals surface area contributed by atoms with Crippen LogP contribution in [0.2, 0.25) is 0 Å². The van der Waals surface area contributed by atoms with E-state index in [9.17, 15) is 0 Å². The van der Waals surface area contributed by atoms with Gasteiger partial charge in [0.05, 0.1) is 11.8 Å². The van der Waals surface area contributed by atoms with E-state index in [-0.39, 0.29) is 12.2 Å². The quantitative estimate of drug-likeness (QED) is 0.752. The zero-order valence-corrected chi connectivity index (χ0v) is 12.8. The van der Waals surface area contributed by atoms with Gasteiger partial charge in [-0.3, -0.25) is 10.3 Å². The molecule has 4 rings (SSSR count). The van der Waals surface area contributed by atoms with Crippen molar-refractivity contribution in [2.75, 3.05) is 0 Å². The van der Waals surface area contributed by atoms with Crippen LogP contribution in [0.15, 0.2) is 83.2 Å². The highest BCUT2D eigenvalue weighted by molar-refractivity contribution is 7.10. The lowest BCUT2D eigenvalue weighted by Gasteiger charge is -2.15. The van der Waals surface area contributed by atoms with E-state index in [1.807, 2.05) is 6.07 Å². The summed E-state index contributed by atoms with van der Waals surface area (Å²) in [7, 11) is 0. The van der Waals surface area contributed by atoms with Crippen molar-refractivity contribution >= 4 is 17.0 Å². The standard InChI is InChI=1S/C19H16N2S/c1-3-8-14(9-4-1)17-18(15-10-5-2-6-11-15)21-19(20-17)16-12-7-13-22-16/h1-13,17,19-20H/t17-,19+/m0/s1. The first-order chi connectivity index (χ1) is 10.9. The van der Waals surface area contributed by atoms with E-state index in [0.29, 0.717) is 0 Å². The van der Waals surface area contributed by atoms with Gasteiger partial charge in [0, 0.05) is 4.88 Å². The van der Waals surface area contributed by atoms with Gasteiger partial charge >= 0.3 is 0 Å². The molecular weight excluding hydrogens is 288 g/mol. The fourth-order valence-corrected chi connectivity index (χ4v) is 3.55. The molecule has 3 aromatic rings. The maximum Gasteiger partial charge on any atom is 0.135 e. The van der Waals surface area contributed by atoms with Crippen LogP contribution in [-0.2, 0) is 0 Å². The third-order valence-electron chi connectivity index (χ3n) is 3.88. The van der Waals surface area contributed by atoms with E-state index < -0.39 is 0 Å². The molecule has 1 aliphatic rings. The summed E-state index contributed by atoms with van der Waals surface area (Å²) >= 11 is 1.75. The summed E-state index contributed by atoms with van der Waals surface area (Å²) in [6, 6.07) is 25.3. The van der Waals surface area contributed by atoms with Crippen molar-refractivity contribution in [1.82, 2.24) is 5.32 Å². The highest BCUT2D eigenvalue weighted by Crippen LogP contribution is 2.33. The summed E-state index contributed by atoms with van der Waals surface area (Å²) in [6.45, 7) is 0. The predicted octanol–water partition coefficient (Wildman–Crippen LogP) is 4.58. The molecular formula is C19H16N2S. The number of hydrogen-bond donors (Lipinski definition) is 1. The Kier molecular flexibility index (Phi) is 3.59. The fraction of sp³-hybridized carbons (Fsp3) is 0.105. The average molecular weight is 304 g/mol. The fourth-order valence-electron chi connectivity index (χ4n) is 2.83. The summed E-state index contributed by atoms with van der Waals surface area (Å²) in [4.78, 5) is 6.23. The molecule has 0 aliphatic carbocycles. The number of hydrogen-bond acceptors (Lipinski definition) is 3. The number of nitrogens with one attached hydrogen (secondary N) is 1. The molecule has 3 heteroatoms. The second kappa shape index (κ2) is 5.87. The molecule has 108 valence electrons. The summed E-state index contributed by atoms with van der Waals surface area (Å²) in [5, 5.41) is 5.77. The highest BCUT2D eigenvalue weighted by atomic mass is 32.1. The SMILES string of the molecule is c1ccc(C2=N[C@H](c3cccs3)N[C@H]2c2ccccc2)cc1. The minimum Gasteiger partial charge on any atom is -0.279 e. The number of benzene rings is 2. The molecule has 2 aromatic carbocycles. The lowest BCUT2D eigenvalue weighted by Crippen LogP contribution is -2.23. The summed E-state index contributed by atoms with van der Waals surface area (Å²) in [6.07, 6.45) is 0.0420. The molecule has 2 atom stereocenters. The van der Waals surface area contributed by atoms with Crippen molar-refractivity contribution in [3.05, 3.63) is 94.2 Å². The van der Waals surface area contributed by atoms with Crippen molar-refractivity contribution in [2.45, 2.75) is 12.2 Å². The lowest BCUT2D eigenvalue weighted by molar-refractivity contribution is 0.582. The van der Waals surface area contributed by atoms with Crippen molar-refractivity contribution in [3.8, 4) is 0 Å². The van der Waals surface area contributed by atoms with Gasteiger partial charge in [0.2, 0.25) is 0 Å². The van der Waals surface area contributed by atoms with Gasteiger partial charge in [-0.1, -0.05) is 66.7 Å². The topological polar surface area (TPSA) is 24.4 Å². The molecule has 0 saturated heterocycles. The molecule has 0 saturated carbocycles. The van der Waals surface area contributed by atoms with Crippen LogP contribution >= 0.6 is 11.3 Å². The molecule has 2 heterocycles. The van der Waals surface area contributed by atoms with Crippen LogP contribution in [0.1, 0.15) is 28.2 Å². The van der Waals surface area contributed by atoms with E-state index in [0.717, 1.165) is 5.71 Å². The first-order valence-corrected chi connectivity index (χ1v) is 8.27. The molecule has 1 N–H and O–H groups in total. The monoisotopic (exact) mass is 304 g/mol. The van der Waals surface area contributed by atoms with Crippen LogP contribution in [-0.4, -0.2) is 5.71 Å². The molecule has 2 nitrogen and oxygen atoms in total. The third kappa shape index (κ3) is 2.49. The van der Waals surface area contributed by atoms with Gasteiger partial charge in [-0.2, -0.15) is 0 Å². The Morgan fingerprint density at radius 2 is 1.55 bits per heavy atom. The molecule has 0 radical (unpaired) electrons. The first kappa shape index (κ1) is 13.4. The van der Waals surface area contributed by atoms with Crippen LogP contribution in [0, 0.1) is 0 Å². The van der Waals surface area contributed by atoms with Gasteiger partial charge in [-0.25, -0.2) is 0 Å². The second-order valence-electron chi connectivity index (χ2n) is 5.31. The second-order valence-corrected chi connectivity index (χ2v) is 6.29. The summed E-state index contributed by atoms with van der Waals surface area (Å²) in [5.74, 6) is 0. The maximum absolute atomic E-state index is 4.97. The number of nitrogens with zero attached hydrogens (tertiary/aromatic N) is 1. The highest BCUT2D eigenvalue weighted by Gasteiger charge is 2.30. The van der Waals surface area contributed by atoms with Crippen molar-refractivity contribution < 1.29 is 0 Å². The van der Waals surface area contributed by atoms with Crippen LogP contribution in [0.5, 0.6) is 0 Å². The molecule has 0 fully saturated rings. The van der Waals surface area contributed by atoms with Gasteiger partial charge in [-0.05, 0) is 22.6 Å². The van der Waals surface area contributed by atoms with Gasteiger partial charge in [0.25, 0.3) is 0 Å². The smallest absolute Gasteiger partial charge is 0.135 e. The van der Waals surface area contributed by atoms with Crippen molar-refractivity contribution in [3.63, 3.8) is 0 Å². The molecule has 0 amide bonds. The van der Waals surface area contributed by atoms with Crippen LogP contribution < -0.4 is 5.32 Å². The van der Waals surface area contributed by atoms with E-state index in [2.05, 4.69) is 77.4 Å². The largest absolute Gasteiger partial charge is 0.279 e. The van der Waals surface area contributed by atoms with Crippen LogP contribution in [0.25, 0.3) is 0 Å². The van der Waals surface area contributed by atoms with Crippen LogP contribution in [0.4, 0.5) is 0 Å². The molecule has 22 heavy (non-hydrogen) atoms. The summed E-state index contributed by atoms with van der Waals surface area (Å²) in [5.41, 5.74) is 3.55. The Balaban J connectivity index is 1.76. The molecule has 0 unspecified atom stereocenters. The number of aliphatic imine (C=N–C) groups is 1. The Bertz CT molecular complexity index is 764. The Morgan fingerprint density at radius 3 is 2.23 bits per heavy atom. The third-order valence-corrected chi connectivity index (χ3v) is 4.81. The normalized spacial score (nSPS) is 20.8. The molecule has 0 bridgehead atoms. The minimum atomic E-state index is 0.0420. The average Bonchev–Trinajstić information content (AvgIpc) is 3.26. The van der Waals surface area contributed by atoms with E-state index >= 15 is 0 Å². The van der Waals surface area contributed by atoms with Gasteiger partial charge in [-0.15, -0.1) is 11.3 Å². The number of rotatable bonds is 3. The van der Waals surface area contributed by atoms with Crippen LogP contribution in [0.3, 0.4) is 0 Å². The Labute approximate surface area is 134 Å². The minimum absolute atomic E-state index is 0.0420. The van der Waals surface area contributed by atoms with Crippen molar-refractivity contribution in [1.29, 1.82) is 0 Å². The van der Waals surface area contributed by atoms with E-state index in [1.165, 1.54) is 16.0 Å². The van der Waals surface area contributed by atoms with Crippen molar-refractivity contribution in [2.24, 2.45) is 4.99 Å². The first-order valence-electron chi connectivity index (χ1n) is 7.39. The zero-order chi connectivity index (χ0) is 14.8. The summed E-state index contributed by atoms with van der Waals surface area (Å²) < 4.78 is 0. The van der Waals surface area contributed by atoms with E-state index in [4.69, 9.17) is 4.99 Å². The maximum atomic E-state index is 4.97. The Hall–Kier alpha value is -2.23.